The van der Waals surface area contributed by atoms with Crippen molar-refractivity contribution in [3.05, 3.63) is 45.3 Å². The van der Waals surface area contributed by atoms with E-state index in [0.717, 1.165) is 41.2 Å². The molecule has 260 valence electrons. The van der Waals surface area contributed by atoms with Crippen LogP contribution in [0.5, 0.6) is 0 Å². The van der Waals surface area contributed by atoms with Gasteiger partial charge in [0, 0.05) is 75.4 Å². The number of halogens is 1. The Morgan fingerprint density at radius 2 is 1.71 bits per heavy atom. The van der Waals surface area contributed by atoms with E-state index in [4.69, 9.17) is 17.3 Å². The van der Waals surface area contributed by atoms with Crippen molar-refractivity contribution in [3.8, 4) is 0 Å². The van der Waals surface area contributed by atoms with Crippen molar-refractivity contribution < 1.29 is 14.4 Å². The number of fused-ring (bicyclic) bond motifs is 3. The Kier molecular flexibility index (Phi) is 9.79. The van der Waals surface area contributed by atoms with Crippen LogP contribution >= 0.6 is 22.9 Å². The number of piperazine rings is 1. The smallest absolute Gasteiger partial charge is 0.323 e. The van der Waals surface area contributed by atoms with Gasteiger partial charge in [-0.1, -0.05) is 24.6 Å². The molecule has 4 fully saturated rings. The average molecular weight is 697 g/mol. The summed E-state index contributed by atoms with van der Waals surface area (Å²) in [6.07, 6.45) is 7.46. The summed E-state index contributed by atoms with van der Waals surface area (Å²) < 4.78 is 0. The Morgan fingerprint density at radius 1 is 1.00 bits per heavy atom. The summed E-state index contributed by atoms with van der Waals surface area (Å²) in [5, 5.41) is 9.53. The first-order chi connectivity index (χ1) is 23.2. The Morgan fingerprint density at radius 3 is 2.40 bits per heavy atom. The molecular weight excluding hydrogens is 648 g/mol. The van der Waals surface area contributed by atoms with Crippen LogP contribution in [0.15, 0.2) is 23.6 Å². The number of nitrogen functional groups attached to an aromatic ring is 1. The highest BCUT2D eigenvalue weighted by atomic mass is 35.5. The number of piperidine rings is 2. The molecule has 6 heterocycles. The molecule has 0 spiro atoms. The second kappa shape index (κ2) is 14.0. The second-order valence-corrected chi connectivity index (χ2v) is 15.6. The highest BCUT2D eigenvalue weighted by molar-refractivity contribution is 7.14. The molecule has 2 bridgehead atoms. The fraction of sp³-hybridized carbons (Fsp3) is 0.629. The predicted octanol–water partition coefficient (Wildman–Crippen LogP) is 4.45. The molecule has 1 aromatic heterocycles. The van der Waals surface area contributed by atoms with E-state index in [-0.39, 0.29) is 24.0 Å². The van der Waals surface area contributed by atoms with Crippen LogP contribution < -0.4 is 16.4 Å². The lowest BCUT2D eigenvalue weighted by Crippen LogP contribution is -2.60. The number of thiophene rings is 1. The van der Waals surface area contributed by atoms with E-state index in [9.17, 15) is 14.4 Å². The molecule has 0 saturated carbocycles. The third-order valence-corrected chi connectivity index (χ3v) is 12.9. The van der Waals surface area contributed by atoms with E-state index < -0.39 is 6.04 Å². The number of nitrogens with zero attached hydrogens (tertiary/aromatic N) is 5. The zero-order valence-corrected chi connectivity index (χ0v) is 29.7. The van der Waals surface area contributed by atoms with Gasteiger partial charge in [0.25, 0.3) is 0 Å². The van der Waals surface area contributed by atoms with E-state index in [2.05, 4.69) is 33.5 Å². The Balaban J connectivity index is 0.998. The summed E-state index contributed by atoms with van der Waals surface area (Å²) >= 11 is 8.06. The third kappa shape index (κ3) is 6.73. The SMILES string of the molecule is CCc1cc(C[C@@H](NC(=O)N2CCC(N3Cc4ccsc4NC3=O)CC2)C(=O)N2CCN(C3CC4CCC(C3)N4C)CC2)cc(Cl)c1N. The maximum absolute atomic E-state index is 14.2. The molecule has 11 nitrogen and oxygen atoms in total. The van der Waals surface area contributed by atoms with Crippen molar-refractivity contribution in [1.82, 2.24) is 29.8 Å². The molecule has 13 heteroatoms. The van der Waals surface area contributed by atoms with Gasteiger partial charge in [-0.2, -0.15) is 0 Å². The summed E-state index contributed by atoms with van der Waals surface area (Å²) in [6, 6.07) is 6.85. The van der Waals surface area contributed by atoms with Crippen LogP contribution in [0.4, 0.5) is 20.3 Å². The summed E-state index contributed by atoms with van der Waals surface area (Å²) in [7, 11) is 2.27. The second-order valence-electron chi connectivity index (χ2n) is 14.3. The predicted molar refractivity (Wildman–Crippen MR) is 190 cm³/mol. The van der Waals surface area contributed by atoms with Crippen LogP contribution in [-0.2, 0) is 24.2 Å². The molecule has 5 aliphatic rings. The number of nitrogens with one attached hydrogen (secondary N) is 2. The maximum atomic E-state index is 14.2. The minimum atomic E-state index is -0.727. The monoisotopic (exact) mass is 696 g/mol. The highest BCUT2D eigenvalue weighted by Gasteiger charge is 2.42. The van der Waals surface area contributed by atoms with E-state index in [0.29, 0.717) is 80.8 Å². The zero-order valence-electron chi connectivity index (χ0n) is 28.1. The number of anilines is 2. The summed E-state index contributed by atoms with van der Waals surface area (Å²) in [5.74, 6) is -0.0520. The van der Waals surface area contributed by atoms with Gasteiger partial charge >= 0.3 is 12.1 Å². The van der Waals surface area contributed by atoms with Crippen molar-refractivity contribution in [2.24, 2.45) is 0 Å². The lowest BCUT2D eigenvalue weighted by molar-refractivity contribution is -0.135. The number of aryl methyl sites for hydroxylation is 1. The summed E-state index contributed by atoms with van der Waals surface area (Å²) in [6.45, 7) is 6.69. The van der Waals surface area contributed by atoms with E-state index >= 15 is 0 Å². The molecule has 4 N–H and O–H groups in total. The van der Waals surface area contributed by atoms with Crippen LogP contribution in [0.25, 0.3) is 0 Å². The van der Waals surface area contributed by atoms with Gasteiger partial charge in [0.2, 0.25) is 5.91 Å². The minimum absolute atomic E-state index is 0.0520. The Hall–Kier alpha value is -3.06. The quantitative estimate of drug-likeness (QED) is 0.369. The number of likely N-dealkylation sites (tertiary alicyclic amines) is 1. The number of carbonyl (C=O) groups excluding carboxylic acids is 3. The topological polar surface area (TPSA) is 117 Å². The van der Waals surface area contributed by atoms with Crippen LogP contribution in [0, 0.1) is 0 Å². The van der Waals surface area contributed by atoms with Crippen molar-refractivity contribution in [1.29, 1.82) is 0 Å². The number of hydrogen-bond acceptors (Lipinski definition) is 7. The lowest BCUT2D eigenvalue weighted by atomic mass is 9.95. The molecule has 5 amide bonds. The number of urea groups is 2. The van der Waals surface area contributed by atoms with Gasteiger partial charge in [-0.25, -0.2) is 9.59 Å². The van der Waals surface area contributed by atoms with E-state index in [1.54, 1.807) is 16.2 Å². The Bertz CT molecular complexity index is 1510. The number of hydrogen-bond donors (Lipinski definition) is 3. The normalized spacial score (nSPS) is 25.9. The minimum Gasteiger partial charge on any atom is -0.397 e. The van der Waals surface area contributed by atoms with Gasteiger partial charge in [0.05, 0.1) is 17.3 Å². The van der Waals surface area contributed by atoms with Crippen LogP contribution in [0.2, 0.25) is 5.02 Å². The van der Waals surface area contributed by atoms with Gasteiger partial charge in [-0.05, 0) is 80.6 Å². The van der Waals surface area contributed by atoms with Gasteiger partial charge in [-0.15, -0.1) is 11.3 Å². The maximum Gasteiger partial charge on any atom is 0.323 e. The molecule has 2 aromatic rings. The van der Waals surface area contributed by atoms with Gasteiger partial charge in [0.1, 0.15) is 11.0 Å². The Labute approximate surface area is 292 Å². The first-order valence-electron chi connectivity index (χ1n) is 17.7. The fourth-order valence-corrected chi connectivity index (χ4v) is 9.76. The first-order valence-corrected chi connectivity index (χ1v) is 18.9. The summed E-state index contributed by atoms with van der Waals surface area (Å²) in [4.78, 5) is 51.6. The van der Waals surface area contributed by atoms with Crippen LogP contribution in [0.3, 0.4) is 0 Å². The third-order valence-electron chi connectivity index (χ3n) is 11.7. The van der Waals surface area contributed by atoms with E-state index in [1.165, 1.54) is 25.7 Å². The fourth-order valence-electron chi connectivity index (χ4n) is 8.70. The zero-order chi connectivity index (χ0) is 33.5. The van der Waals surface area contributed by atoms with Gasteiger partial charge < -0.3 is 30.7 Å². The molecular formula is C35H49ClN8O3S. The molecule has 0 radical (unpaired) electrons. The van der Waals surface area contributed by atoms with Crippen LogP contribution in [0.1, 0.15) is 62.1 Å². The van der Waals surface area contributed by atoms with Crippen molar-refractivity contribution in [2.75, 3.05) is 57.4 Å². The van der Waals surface area contributed by atoms with Gasteiger partial charge in [-0.3, -0.25) is 15.0 Å². The molecule has 3 atom stereocenters. The highest BCUT2D eigenvalue weighted by Crippen LogP contribution is 2.37. The number of rotatable bonds is 7. The number of carbonyl (C=O) groups is 3. The average Bonchev–Trinajstić information content (AvgIpc) is 3.62. The number of amides is 5. The van der Waals surface area contributed by atoms with Crippen molar-refractivity contribution >= 4 is 51.6 Å². The number of nitrogens with two attached hydrogens (primary N) is 1. The van der Waals surface area contributed by atoms with Crippen LogP contribution in [-0.4, -0.2) is 119 Å². The molecule has 7 rings (SSSR count). The van der Waals surface area contributed by atoms with Crippen molar-refractivity contribution in [2.45, 2.75) is 95.0 Å². The first kappa shape index (κ1) is 33.4. The largest absolute Gasteiger partial charge is 0.397 e. The summed E-state index contributed by atoms with van der Waals surface area (Å²) in [5.41, 5.74) is 9.74. The standard InChI is InChI=1S/C35H49ClN8O3S/c1-3-23-16-22(17-29(36)31(23)37)18-30(33(45)42-13-11-41(12-14-42)28-19-26-4-5-27(20-28)40(26)2)38-34(46)43-9-6-25(7-10-43)44-21-24-8-15-48-32(24)39-35(44)47/h8,15-17,25-28,30H,3-7,9-14,18-21,37H2,1-2H3,(H,38,46)(H,39,47)/t26?,27?,28?,30-/m1/s1. The molecule has 48 heavy (non-hydrogen) atoms. The molecule has 1 aromatic carbocycles. The van der Waals surface area contributed by atoms with Gasteiger partial charge in [0.15, 0.2) is 0 Å². The van der Waals surface area contributed by atoms with E-state index in [1.807, 2.05) is 34.2 Å². The lowest BCUT2D eigenvalue weighted by Gasteiger charge is -2.45. The molecule has 0 aliphatic carbocycles. The van der Waals surface area contributed by atoms with Crippen molar-refractivity contribution in [3.63, 3.8) is 0 Å². The molecule has 5 aliphatic heterocycles. The molecule has 4 saturated heterocycles. The number of benzene rings is 1. The molecule has 2 unspecified atom stereocenters.